The zero-order valence-electron chi connectivity index (χ0n) is 15.1. The third kappa shape index (κ3) is 4.44. The molecule has 0 amide bonds. The van der Waals surface area contributed by atoms with Crippen LogP contribution in [-0.2, 0) is 17.1 Å². The Balaban J connectivity index is 1.94. The van der Waals surface area contributed by atoms with Gasteiger partial charge < -0.3 is 9.72 Å². The smallest absolute Gasteiger partial charge is 0.416 e. The molecule has 3 aromatic rings. The SMILES string of the molecule is C[C@H](OC(=O)c1cc(C(F)(F)F)cc(C(F)(F)F)c1)c1nc2ccccc2c(=O)[nH]1. The highest BCUT2D eigenvalue weighted by Crippen LogP contribution is 2.36. The van der Waals surface area contributed by atoms with Gasteiger partial charge in [-0.15, -0.1) is 0 Å². The minimum atomic E-state index is -5.10. The Morgan fingerprint density at radius 2 is 1.57 bits per heavy atom. The van der Waals surface area contributed by atoms with Crippen LogP contribution < -0.4 is 5.56 Å². The van der Waals surface area contributed by atoms with E-state index >= 15 is 0 Å². The molecule has 158 valence electrons. The number of nitrogens with one attached hydrogen (secondary N) is 1. The van der Waals surface area contributed by atoms with Crippen molar-refractivity contribution in [3.63, 3.8) is 0 Å². The summed E-state index contributed by atoms with van der Waals surface area (Å²) in [5, 5.41) is 0.257. The van der Waals surface area contributed by atoms with Gasteiger partial charge >= 0.3 is 18.3 Å². The number of H-pyrrole nitrogens is 1. The van der Waals surface area contributed by atoms with Crippen molar-refractivity contribution < 1.29 is 35.9 Å². The molecule has 1 atom stereocenters. The number of carbonyl (C=O) groups is 1. The van der Waals surface area contributed by atoms with Crippen LogP contribution in [0.4, 0.5) is 26.3 Å². The van der Waals surface area contributed by atoms with Crippen molar-refractivity contribution in [1.82, 2.24) is 9.97 Å². The van der Waals surface area contributed by atoms with Crippen molar-refractivity contribution in [3.05, 3.63) is 75.3 Å². The fraction of sp³-hybridized carbons (Fsp3) is 0.211. The van der Waals surface area contributed by atoms with Gasteiger partial charge in [-0.05, 0) is 37.3 Å². The number of esters is 1. The molecule has 5 nitrogen and oxygen atoms in total. The molecule has 0 spiro atoms. The lowest BCUT2D eigenvalue weighted by molar-refractivity contribution is -0.143. The fourth-order valence-electron chi connectivity index (χ4n) is 2.65. The maximum atomic E-state index is 13.0. The number of hydrogen-bond donors (Lipinski definition) is 1. The van der Waals surface area contributed by atoms with Gasteiger partial charge in [0.1, 0.15) is 0 Å². The molecule has 0 aliphatic heterocycles. The van der Waals surface area contributed by atoms with Gasteiger partial charge in [0.05, 0.1) is 27.6 Å². The first kappa shape index (κ1) is 21.3. The van der Waals surface area contributed by atoms with Crippen molar-refractivity contribution >= 4 is 16.9 Å². The lowest BCUT2D eigenvalue weighted by Crippen LogP contribution is -2.18. The van der Waals surface area contributed by atoms with Gasteiger partial charge in [0.25, 0.3) is 5.56 Å². The Hall–Kier alpha value is -3.37. The summed E-state index contributed by atoms with van der Waals surface area (Å²) in [7, 11) is 0. The van der Waals surface area contributed by atoms with Crippen molar-refractivity contribution in [2.75, 3.05) is 0 Å². The van der Waals surface area contributed by atoms with Crippen LogP contribution in [0.15, 0.2) is 47.3 Å². The second-order valence-corrected chi connectivity index (χ2v) is 6.31. The Kier molecular flexibility index (Phi) is 5.31. The number of benzene rings is 2. The second-order valence-electron chi connectivity index (χ2n) is 6.31. The molecule has 0 radical (unpaired) electrons. The van der Waals surface area contributed by atoms with Gasteiger partial charge in [-0.25, -0.2) is 9.78 Å². The number of fused-ring (bicyclic) bond motifs is 1. The first-order valence-electron chi connectivity index (χ1n) is 8.35. The summed E-state index contributed by atoms with van der Waals surface area (Å²) in [4.78, 5) is 30.8. The highest BCUT2D eigenvalue weighted by molar-refractivity contribution is 5.90. The quantitative estimate of drug-likeness (QED) is 0.475. The van der Waals surface area contributed by atoms with Crippen molar-refractivity contribution in [1.29, 1.82) is 0 Å². The molecule has 0 saturated carbocycles. The second kappa shape index (κ2) is 7.47. The summed E-state index contributed by atoms with van der Waals surface area (Å²) in [6, 6.07) is 6.67. The number of nitrogens with zero attached hydrogens (tertiary/aromatic N) is 1. The number of carbonyl (C=O) groups excluding carboxylic acids is 1. The van der Waals surface area contributed by atoms with Crippen LogP contribution >= 0.6 is 0 Å². The van der Waals surface area contributed by atoms with Crippen molar-refractivity contribution in [3.8, 4) is 0 Å². The third-order valence-corrected chi connectivity index (χ3v) is 4.12. The fourth-order valence-corrected chi connectivity index (χ4v) is 2.65. The maximum Gasteiger partial charge on any atom is 0.416 e. The third-order valence-electron chi connectivity index (χ3n) is 4.12. The lowest BCUT2D eigenvalue weighted by atomic mass is 10.0. The van der Waals surface area contributed by atoms with E-state index in [1.54, 1.807) is 12.1 Å². The molecule has 0 fully saturated rings. The molecular weight excluding hydrogens is 418 g/mol. The van der Waals surface area contributed by atoms with E-state index in [1.165, 1.54) is 19.1 Å². The van der Waals surface area contributed by atoms with Gasteiger partial charge in [-0.3, -0.25) is 4.79 Å². The Morgan fingerprint density at radius 3 is 2.13 bits per heavy atom. The summed E-state index contributed by atoms with van der Waals surface area (Å²) >= 11 is 0. The summed E-state index contributed by atoms with van der Waals surface area (Å²) in [5.41, 5.74) is -4.50. The minimum Gasteiger partial charge on any atom is -0.451 e. The summed E-state index contributed by atoms with van der Waals surface area (Å²) < 4.78 is 82.7. The van der Waals surface area contributed by atoms with Crippen LogP contribution in [-0.4, -0.2) is 15.9 Å². The first-order valence-corrected chi connectivity index (χ1v) is 8.35. The number of aromatic nitrogens is 2. The Labute approximate surface area is 164 Å². The number of rotatable bonds is 3. The summed E-state index contributed by atoms with van der Waals surface area (Å²) in [6.07, 6.45) is -11.5. The molecule has 1 aromatic heterocycles. The van der Waals surface area contributed by atoms with Gasteiger partial charge in [-0.2, -0.15) is 26.3 Å². The largest absolute Gasteiger partial charge is 0.451 e. The van der Waals surface area contributed by atoms with Crippen LogP contribution in [0.1, 0.15) is 40.3 Å². The molecule has 1 heterocycles. The summed E-state index contributed by atoms with van der Waals surface area (Å²) in [5.74, 6) is -1.55. The van der Waals surface area contributed by atoms with Crippen LogP contribution in [0.2, 0.25) is 0 Å². The van der Waals surface area contributed by atoms with Gasteiger partial charge in [0, 0.05) is 0 Å². The van der Waals surface area contributed by atoms with Crippen LogP contribution in [0.5, 0.6) is 0 Å². The van der Waals surface area contributed by atoms with E-state index in [2.05, 4.69) is 9.97 Å². The predicted octanol–water partition coefficient (Wildman–Crippen LogP) is 4.88. The van der Waals surface area contributed by atoms with Gasteiger partial charge in [0.15, 0.2) is 11.9 Å². The Bertz CT molecular complexity index is 1140. The number of para-hydroxylation sites is 1. The molecule has 0 saturated heterocycles. The van der Waals surface area contributed by atoms with E-state index < -0.39 is 46.7 Å². The molecule has 30 heavy (non-hydrogen) atoms. The van der Waals surface area contributed by atoms with Gasteiger partial charge in [0.2, 0.25) is 0 Å². The zero-order chi connectivity index (χ0) is 22.3. The van der Waals surface area contributed by atoms with Crippen LogP contribution in [0.3, 0.4) is 0 Å². The number of aromatic amines is 1. The number of hydrogen-bond acceptors (Lipinski definition) is 4. The Morgan fingerprint density at radius 1 is 1.00 bits per heavy atom. The molecular formula is C19H12F6N2O3. The molecule has 0 unspecified atom stereocenters. The number of halogens is 6. The molecule has 2 aromatic carbocycles. The van der Waals surface area contributed by atoms with E-state index in [0.717, 1.165) is 0 Å². The number of ether oxygens (including phenoxy) is 1. The van der Waals surface area contributed by atoms with Gasteiger partial charge in [-0.1, -0.05) is 12.1 Å². The van der Waals surface area contributed by atoms with Crippen LogP contribution in [0, 0.1) is 0 Å². The van der Waals surface area contributed by atoms with E-state index in [9.17, 15) is 35.9 Å². The van der Waals surface area contributed by atoms with Crippen molar-refractivity contribution in [2.24, 2.45) is 0 Å². The first-order chi connectivity index (χ1) is 13.9. The average Bonchev–Trinajstić information content (AvgIpc) is 2.66. The molecule has 1 N–H and O–H groups in total. The highest BCUT2D eigenvalue weighted by Gasteiger charge is 2.37. The summed E-state index contributed by atoms with van der Waals surface area (Å²) in [6.45, 7) is 1.27. The van der Waals surface area contributed by atoms with E-state index in [0.29, 0.717) is 0 Å². The molecule has 0 bridgehead atoms. The topological polar surface area (TPSA) is 72.0 Å². The van der Waals surface area contributed by atoms with Crippen LogP contribution in [0.25, 0.3) is 10.9 Å². The molecule has 0 aliphatic rings. The average molecular weight is 430 g/mol. The molecule has 0 aliphatic carbocycles. The zero-order valence-corrected chi connectivity index (χ0v) is 15.1. The highest BCUT2D eigenvalue weighted by atomic mass is 19.4. The van der Waals surface area contributed by atoms with E-state index in [-0.39, 0.29) is 34.9 Å². The minimum absolute atomic E-state index is 0.0947. The monoisotopic (exact) mass is 430 g/mol. The van der Waals surface area contributed by atoms with E-state index in [1.807, 2.05) is 0 Å². The normalized spacial score (nSPS) is 13.3. The maximum absolute atomic E-state index is 13.0. The lowest BCUT2D eigenvalue weighted by Gasteiger charge is -2.16. The molecule has 11 heteroatoms. The molecule has 3 rings (SSSR count). The van der Waals surface area contributed by atoms with E-state index in [4.69, 9.17) is 4.74 Å². The van der Waals surface area contributed by atoms with Crippen molar-refractivity contribution in [2.45, 2.75) is 25.4 Å². The number of alkyl halides is 6. The predicted molar refractivity (Wildman–Crippen MR) is 92.6 cm³/mol. The standard InChI is InChI=1S/C19H12F6N2O3/c1-9(15-26-14-5-3-2-4-13(14)16(28)27-15)30-17(29)10-6-11(18(20,21)22)8-12(7-10)19(23,24)25/h2-9H,1H3,(H,26,27,28)/t9-/m0/s1.